The molecule has 1 aromatic rings. The number of imidazole rings is 1. The minimum absolute atomic E-state index is 0.104. The Balaban J connectivity index is 3.07. The monoisotopic (exact) mass is 344 g/mol. The van der Waals surface area contributed by atoms with Crippen LogP contribution in [-0.2, 0) is 4.33 Å². The molecule has 1 atom stereocenters. The Morgan fingerprint density at radius 3 is 2.23 bits per heavy atom. The molecule has 0 aliphatic carbocycles. The average molecular weight is 347 g/mol. The van der Waals surface area contributed by atoms with Gasteiger partial charge in [-0.15, -0.1) is 11.6 Å². The first kappa shape index (κ1) is 12.2. The molecule has 0 saturated heterocycles. The van der Waals surface area contributed by atoms with Crippen molar-refractivity contribution in [2.75, 3.05) is 0 Å². The summed E-state index contributed by atoms with van der Waals surface area (Å²) in [5.41, 5.74) is 0. The third-order valence-corrected chi connectivity index (χ3v) is 4.41. The molecule has 0 amide bonds. The number of hydrogen-bond acceptors (Lipinski definition) is 1. The molecule has 0 spiro atoms. The van der Waals surface area contributed by atoms with Gasteiger partial charge in [-0.3, -0.25) is 0 Å². The fourth-order valence-corrected chi connectivity index (χ4v) is 1.35. The zero-order valence-electron chi connectivity index (χ0n) is 5.79. The second kappa shape index (κ2) is 4.33. The Morgan fingerprint density at radius 1 is 1.38 bits per heavy atom. The molecular weight excluding hydrogens is 345 g/mol. The number of hydrogen-bond donors (Lipinski definition) is 1. The number of aromatic amines is 1. The topological polar surface area (TPSA) is 28.7 Å². The molecule has 1 N–H and O–H groups in total. The molecule has 2 nitrogen and oxygen atoms in total. The molecule has 8 heteroatoms. The lowest BCUT2D eigenvalue weighted by atomic mass is 10.4. The zero-order valence-corrected chi connectivity index (χ0v) is 11.2. The maximum Gasteiger partial charge on any atom is 0.201 e. The molecule has 1 heterocycles. The van der Waals surface area contributed by atoms with Gasteiger partial charge in [0.25, 0.3) is 0 Å². The maximum atomic E-state index is 5.86. The number of rotatable bonds is 2. The van der Waals surface area contributed by atoms with E-state index in [4.69, 9.17) is 58.0 Å². The van der Waals surface area contributed by atoms with Crippen molar-refractivity contribution in [2.24, 2.45) is 0 Å². The van der Waals surface area contributed by atoms with Crippen molar-refractivity contribution < 1.29 is 0 Å². The lowest BCUT2D eigenvalue weighted by Gasteiger charge is -2.17. The van der Waals surface area contributed by atoms with Gasteiger partial charge < -0.3 is 4.98 Å². The predicted octanol–water partition coefficient (Wildman–Crippen LogP) is 4.31. The number of halogens is 6. The Morgan fingerprint density at radius 2 is 1.92 bits per heavy atom. The molecule has 13 heavy (non-hydrogen) atoms. The van der Waals surface area contributed by atoms with Crippen LogP contribution < -0.4 is 0 Å². The van der Waals surface area contributed by atoms with Gasteiger partial charge in [-0.05, 0) is 0 Å². The van der Waals surface area contributed by atoms with Gasteiger partial charge in [-0.2, -0.15) is 0 Å². The Labute approximate surface area is 108 Å². The summed E-state index contributed by atoms with van der Waals surface area (Å²) in [6.45, 7) is 0. The highest BCUT2D eigenvalue weighted by molar-refractivity contribution is 9.10. The van der Waals surface area contributed by atoms with Crippen molar-refractivity contribution in [1.82, 2.24) is 9.97 Å². The first-order valence-corrected chi connectivity index (χ1v) is 5.79. The molecule has 1 aromatic heterocycles. The fraction of sp³-hybridized carbons (Fsp3) is 0.400. The average Bonchev–Trinajstić information content (AvgIpc) is 2.32. The SMILES string of the molecule is Clc1nc(C(Cl)(Cl)C(Cl)Br)[nH]c1Cl. The molecule has 0 aromatic carbocycles. The summed E-state index contributed by atoms with van der Waals surface area (Å²) >= 11 is 31.6. The third-order valence-electron chi connectivity index (χ3n) is 1.21. The van der Waals surface area contributed by atoms with E-state index in [1.54, 1.807) is 0 Å². The molecular formula is C5H2BrCl5N2. The van der Waals surface area contributed by atoms with Crippen LogP contribution in [0.5, 0.6) is 0 Å². The van der Waals surface area contributed by atoms with E-state index in [2.05, 4.69) is 25.9 Å². The van der Waals surface area contributed by atoms with E-state index in [9.17, 15) is 0 Å². The molecule has 1 rings (SSSR count). The Bertz CT molecular complexity index is 290. The van der Waals surface area contributed by atoms with Crippen LogP contribution in [0, 0.1) is 0 Å². The standard InChI is InChI=1S/C5H2BrCl5N2/c6-3(9)5(10,11)4-12-1(7)2(8)13-4/h3H,(H,12,13). The van der Waals surface area contributed by atoms with Gasteiger partial charge in [0.15, 0.2) is 5.15 Å². The van der Waals surface area contributed by atoms with E-state index in [-0.39, 0.29) is 16.1 Å². The van der Waals surface area contributed by atoms with Crippen molar-refractivity contribution in [1.29, 1.82) is 0 Å². The Kier molecular flexibility index (Phi) is 4.07. The number of alkyl halides is 4. The predicted molar refractivity (Wildman–Crippen MR) is 60.6 cm³/mol. The van der Waals surface area contributed by atoms with E-state index in [0.29, 0.717) is 0 Å². The normalized spacial score (nSPS) is 14.6. The second-order valence-electron chi connectivity index (χ2n) is 2.11. The summed E-state index contributed by atoms with van der Waals surface area (Å²) in [6, 6.07) is 0. The molecule has 1 unspecified atom stereocenters. The van der Waals surface area contributed by atoms with Gasteiger partial charge in [0, 0.05) is 0 Å². The van der Waals surface area contributed by atoms with E-state index in [1.807, 2.05) is 0 Å². The van der Waals surface area contributed by atoms with Crippen molar-refractivity contribution in [3.8, 4) is 0 Å². The van der Waals surface area contributed by atoms with E-state index in [1.165, 1.54) is 0 Å². The van der Waals surface area contributed by atoms with Gasteiger partial charge in [-0.1, -0.05) is 62.3 Å². The van der Waals surface area contributed by atoms with Crippen LogP contribution in [0.15, 0.2) is 0 Å². The van der Waals surface area contributed by atoms with Crippen LogP contribution in [0.2, 0.25) is 10.3 Å². The van der Waals surface area contributed by atoms with Crippen LogP contribution in [-0.4, -0.2) is 14.3 Å². The molecule has 0 saturated carbocycles. The second-order valence-corrected chi connectivity index (χ2v) is 6.11. The van der Waals surface area contributed by atoms with Crippen LogP contribution >= 0.6 is 73.9 Å². The number of nitrogens with zero attached hydrogens (tertiary/aromatic N) is 1. The van der Waals surface area contributed by atoms with E-state index >= 15 is 0 Å². The summed E-state index contributed by atoms with van der Waals surface area (Å²) in [7, 11) is 0. The quantitative estimate of drug-likeness (QED) is 0.794. The smallest absolute Gasteiger partial charge is 0.201 e. The largest absolute Gasteiger partial charge is 0.329 e. The molecule has 0 aliphatic heterocycles. The highest BCUT2D eigenvalue weighted by Gasteiger charge is 2.37. The van der Waals surface area contributed by atoms with Gasteiger partial charge in [0.1, 0.15) is 15.3 Å². The molecule has 0 bridgehead atoms. The number of H-pyrrole nitrogens is 1. The number of aromatic nitrogens is 2. The first-order chi connectivity index (χ1) is 5.85. The van der Waals surface area contributed by atoms with Crippen LogP contribution in [0.3, 0.4) is 0 Å². The Hall–Kier alpha value is 1.14. The highest BCUT2D eigenvalue weighted by Crippen LogP contribution is 2.42. The van der Waals surface area contributed by atoms with E-state index < -0.39 is 8.62 Å². The lowest BCUT2D eigenvalue weighted by molar-refractivity contribution is 0.859. The van der Waals surface area contributed by atoms with Gasteiger partial charge in [0.05, 0.1) is 0 Å². The summed E-state index contributed by atoms with van der Waals surface area (Å²) in [5, 5.41) is 0.277. The summed E-state index contributed by atoms with van der Waals surface area (Å²) in [5.74, 6) is 0.197. The minimum atomic E-state index is -1.40. The van der Waals surface area contributed by atoms with E-state index in [0.717, 1.165) is 0 Å². The van der Waals surface area contributed by atoms with Crippen molar-refractivity contribution >= 4 is 73.9 Å². The molecule has 74 valence electrons. The maximum absolute atomic E-state index is 5.86. The fourth-order valence-electron chi connectivity index (χ4n) is 0.592. The van der Waals surface area contributed by atoms with Gasteiger partial charge >= 0.3 is 0 Å². The lowest BCUT2D eigenvalue weighted by Crippen LogP contribution is -2.20. The molecule has 0 radical (unpaired) electrons. The highest BCUT2D eigenvalue weighted by atomic mass is 79.9. The van der Waals surface area contributed by atoms with Crippen molar-refractivity contribution in [3.05, 3.63) is 16.1 Å². The van der Waals surface area contributed by atoms with Crippen LogP contribution in [0.1, 0.15) is 5.82 Å². The molecule has 0 aliphatic rings. The van der Waals surface area contributed by atoms with Crippen molar-refractivity contribution in [2.45, 2.75) is 8.62 Å². The summed E-state index contributed by atoms with van der Waals surface area (Å²) < 4.78 is -2.11. The zero-order chi connectivity index (χ0) is 10.2. The van der Waals surface area contributed by atoms with Crippen molar-refractivity contribution in [3.63, 3.8) is 0 Å². The molecule has 0 fully saturated rings. The van der Waals surface area contributed by atoms with Crippen LogP contribution in [0.4, 0.5) is 0 Å². The first-order valence-electron chi connectivity index (χ1n) is 2.93. The number of nitrogens with one attached hydrogen (secondary N) is 1. The summed E-state index contributed by atoms with van der Waals surface area (Å²) in [6.07, 6.45) is 0. The minimum Gasteiger partial charge on any atom is -0.329 e. The third kappa shape index (κ3) is 2.58. The van der Waals surface area contributed by atoms with Gasteiger partial charge in [0.2, 0.25) is 4.33 Å². The summed E-state index contributed by atoms with van der Waals surface area (Å²) in [4.78, 5) is 6.41. The van der Waals surface area contributed by atoms with Crippen LogP contribution in [0.25, 0.3) is 0 Å². The van der Waals surface area contributed by atoms with Gasteiger partial charge in [-0.25, -0.2) is 4.98 Å².